The highest BCUT2D eigenvalue weighted by molar-refractivity contribution is 7.99. The summed E-state index contributed by atoms with van der Waals surface area (Å²) in [5, 5.41) is 5.75. The molecule has 0 radical (unpaired) electrons. The molecule has 1 saturated heterocycles. The van der Waals surface area contributed by atoms with E-state index in [1.54, 1.807) is 30.1 Å². The number of carbonyl (C=O) groups excluding carboxylic acids is 2. The first kappa shape index (κ1) is 20.5. The molecule has 160 valence electrons. The summed E-state index contributed by atoms with van der Waals surface area (Å²) in [5.74, 6) is -0.386. The smallest absolute Gasteiger partial charge is 0.252 e. The largest absolute Gasteiger partial charge is 0.354 e. The van der Waals surface area contributed by atoms with Crippen LogP contribution in [0.3, 0.4) is 0 Å². The fourth-order valence-corrected chi connectivity index (χ4v) is 4.90. The van der Waals surface area contributed by atoms with E-state index in [1.165, 1.54) is 0 Å². The average molecular weight is 443 g/mol. The lowest BCUT2D eigenvalue weighted by Crippen LogP contribution is -2.45. The second-order valence-electron chi connectivity index (χ2n) is 7.77. The summed E-state index contributed by atoms with van der Waals surface area (Å²) in [5.41, 5.74) is 3.75. The normalized spacial score (nSPS) is 17.7. The highest BCUT2D eigenvalue weighted by Crippen LogP contribution is 2.41. The maximum atomic E-state index is 13.0. The third-order valence-corrected chi connectivity index (χ3v) is 6.70. The van der Waals surface area contributed by atoms with E-state index in [0.717, 1.165) is 39.6 Å². The van der Waals surface area contributed by atoms with Gasteiger partial charge in [-0.15, -0.1) is 0 Å². The van der Waals surface area contributed by atoms with Gasteiger partial charge >= 0.3 is 0 Å². The molecule has 2 amide bonds. The van der Waals surface area contributed by atoms with Crippen LogP contribution in [0.2, 0.25) is 0 Å². The molecule has 2 aliphatic rings. The van der Waals surface area contributed by atoms with Crippen molar-refractivity contribution < 1.29 is 9.59 Å². The first-order chi connectivity index (χ1) is 15.7. The summed E-state index contributed by atoms with van der Waals surface area (Å²) in [6, 6.07) is 18.9. The molecule has 7 heteroatoms. The molecule has 2 aliphatic heterocycles. The number of hydrogen-bond donors (Lipinski definition) is 2. The van der Waals surface area contributed by atoms with Crippen LogP contribution >= 0.6 is 11.8 Å². The number of hydrogen-bond acceptors (Lipinski definition) is 5. The summed E-state index contributed by atoms with van der Waals surface area (Å²) in [7, 11) is 0. The molecule has 1 fully saturated rings. The quantitative estimate of drug-likeness (QED) is 0.500. The Hall–Kier alpha value is -3.45. The number of pyridine rings is 1. The van der Waals surface area contributed by atoms with Crippen LogP contribution < -0.4 is 10.6 Å². The number of aliphatic imine (C=N–C) groups is 1. The molecule has 0 aliphatic carbocycles. The van der Waals surface area contributed by atoms with Gasteiger partial charge in [-0.2, -0.15) is 0 Å². The Morgan fingerprint density at radius 3 is 2.78 bits per heavy atom. The fourth-order valence-electron chi connectivity index (χ4n) is 3.90. The molecular weight excluding hydrogens is 420 g/mol. The Balaban J connectivity index is 1.51. The lowest BCUT2D eigenvalue weighted by atomic mass is 10.1. The highest BCUT2D eigenvalue weighted by Gasteiger charge is 2.24. The maximum absolute atomic E-state index is 13.0. The van der Waals surface area contributed by atoms with Gasteiger partial charge in [-0.1, -0.05) is 36.0 Å². The Morgan fingerprint density at radius 1 is 1.03 bits per heavy atom. The predicted octanol–water partition coefficient (Wildman–Crippen LogP) is 4.11. The first-order valence-corrected chi connectivity index (χ1v) is 11.5. The number of nitrogens with zero attached hydrogens (tertiary/aromatic N) is 2. The number of fused-ring (bicyclic) bond motifs is 2. The van der Waals surface area contributed by atoms with Crippen LogP contribution in [0.15, 0.2) is 81.6 Å². The van der Waals surface area contributed by atoms with Crippen molar-refractivity contribution in [2.45, 2.75) is 35.1 Å². The summed E-state index contributed by atoms with van der Waals surface area (Å²) in [6.07, 6.45) is 4.23. The van der Waals surface area contributed by atoms with Gasteiger partial charge in [0.15, 0.2) is 0 Å². The monoisotopic (exact) mass is 442 g/mol. The fraction of sp³-hybridized carbons (Fsp3) is 0.200. The second kappa shape index (κ2) is 8.96. The topological polar surface area (TPSA) is 83.5 Å². The van der Waals surface area contributed by atoms with E-state index in [-0.39, 0.29) is 11.8 Å². The highest BCUT2D eigenvalue weighted by atomic mass is 32.2. The number of rotatable bonds is 3. The van der Waals surface area contributed by atoms with E-state index in [2.05, 4.69) is 21.7 Å². The van der Waals surface area contributed by atoms with Crippen molar-refractivity contribution in [2.75, 3.05) is 6.54 Å². The summed E-state index contributed by atoms with van der Waals surface area (Å²) in [4.78, 5) is 36.7. The summed E-state index contributed by atoms with van der Waals surface area (Å²) in [6.45, 7) is 0.660. The zero-order valence-electron chi connectivity index (χ0n) is 17.4. The van der Waals surface area contributed by atoms with Gasteiger partial charge in [-0.05, 0) is 55.7 Å². The van der Waals surface area contributed by atoms with Gasteiger partial charge in [0.25, 0.3) is 5.91 Å². The number of aromatic nitrogens is 1. The van der Waals surface area contributed by atoms with Crippen molar-refractivity contribution in [1.82, 2.24) is 15.6 Å². The molecule has 3 heterocycles. The van der Waals surface area contributed by atoms with Crippen molar-refractivity contribution in [3.63, 3.8) is 0 Å². The average Bonchev–Trinajstić information content (AvgIpc) is 3.13. The molecule has 5 rings (SSSR count). The van der Waals surface area contributed by atoms with Crippen molar-refractivity contribution in [1.29, 1.82) is 0 Å². The molecule has 2 aromatic carbocycles. The molecule has 0 bridgehead atoms. The van der Waals surface area contributed by atoms with Gasteiger partial charge < -0.3 is 10.6 Å². The van der Waals surface area contributed by atoms with Gasteiger partial charge in [-0.3, -0.25) is 14.6 Å². The SMILES string of the molecule is O=C(NC1CCCCNC1=O)c1ccc2c(c1)N=C(c1ccccn1)c1ccccc1S2. The van der Waals surface area contributed by atoms with E-state index in [1.807, 2.05) is 42.5 Å². The molecule has 2 N–H and O–H groups in total. The lowest BCUT2D eigenvalue weighted by molar-refractivity contribution is -0.122. The van der Waals surface area contributed by atoms with Crippen molar-refractivity contribution >= 4 is 35.0 Å². The molecule has 1 atom stereocenters. The first-order valence-electron chi connectivity index (χ1n) is 10.7. The molecule has 1 aromatic heterocycles. The van der Waals surface area contributed by atoms with Crippen LogP contribution in [0.4, 0.5) is 5.69 Å². The van der Waals surface area contributed by atoms with E-state index in [9.17, 15) is 9.59 Å². The molecular formula is C25H22N4O2S. The zero-order chi connectivity index (χ0) is 21.9. The van der Waals surface area contributed by atoms with E-state index in [4.69, 9.17) is 4.99 Å². The van der Waals surface area contributed by atoms with Gasteiger partial charge in [0.1, 0.15) is 6.04 Å². The lowest BCUT2D eigenvalue weighted by Gasteiger charge is -2.15. The molecule has 3 aromatic rings. The molecule has 1 unspecified atom stereocenters. The van der Waals surface area contributed by atoms with E-state index < -0.39 is 6.04 Å². The molecule has 6 nitrogen and oxygen atoms in total. The number of amides is 2. The molecule has 0 spiro atoms. The zero-order valence-corrected chi connectivity index (χ0v) is 18.2. The van der Waals surface area contributed by atoms with Crippen LogP contribution in [-0.4, -0.2) is 35.1 Å². The van der Waals surface area contributed by atoms with Crippen LogP contribution in [0.5, 0.6) is 0 Å². The Labute approximate surface area is 190 Å². The minimum Gasteiger partial charge on any atom is -0.354 e. The number of benzene rings is 2. The maximum Gasteiger partial charge on any atom is 0.252 e. The van der Waals surface area contributed by atoms with Gasteiger partial charge in [0, 0.05) is 33.7 Å². The van der Waals surface area contributed by atoms with Crippen molar-refractivity contribution in [2.24, 2.45) is 4.99 Å². The second-order valence-corrected chi connectivity index (χ2v) is 8.85. The molecule has 0 saturated carbocycles. The van der Waals surface area contributed by atoms with Crippen LogP contribution in [0, 0.1) is 0 Å². The number of nitrogens with one attached hydrogen (secondary N) is 2. The number of carbonyl (C=O) groups is 2. The standard InChI is InChI=1S/C25H22N4O2S/c30-24(29-19-9-4-6-14-27-25(19)31)16-11-12-22-20(15-16)28-23(18-8-3-5-13-26-18)17-7-1-2-10-21(17)32-22/h1-3,5,7-8,10-13,15,19H,4,6,9,14H2,(H,27,31)(H,29,30). The van der Waals surface area contributed by atoms with Crippen LogP contribution in [0.25, 0.3) is 0 Å². The third-order valence-electron chi connectivity index (χ3n) is 5.56. The summed E-state index contributed by atoms with van der Waals surface area (Å²) >= 11 is 1.62. The van der Waals surface area contributed by atoms with E-state index in [0.29, 0.717) is 24.2 Å². The summed E-state index contributed by atoms with van der Waals surface area (Å²) < 4.78 is 0. The van der Waals surface area contributed by atoms with E-state index >= 15 is 0 Å². The van der Waals surface area contributed by atoms with Crippen molar-refractivity contribution in [3.8, 4) is 0 Å². The van der Waals surface area contributed by atoms with Crippen molar-refractivity contribution in [3.05, 3.63) is 83.7 Å². The molecule has 32 heavy (non-hydrogen) atoms. The van der Waals surface area contributed by atoms with Gasteiger partial charge in [-0.25, -0.2) is 4.99 Å². The van der Waals surface area contributed by atoms with Crippen LogP contribution in [-0.2, 0) is 4.79 Å². The van der Waals surface area contributed by atoms with Crippen LogP contribution in [0.1, 0.15) is 40.9 Å². The van der Waals surface area contributed by atoms with Gasteiger partial charge in [0.2, 0.25) is 5.91 Å². The minimum atomic E-state index is -0.505. The van der Waals surface area contributed by atoms with Gasteiger partial charge in [0.05, 0.1) is 17.1 Å². The Bertz CT molecular complexity index is 1210. The Morgan fingerprint density at radius 2 is 1.91 bits per heavy atom. The predicted molar refractivity (Wildman–Crippen MR) is 125 cm³/mol. The Kier molecular flexibility index (Phi) is 5.73. The third kappa shape index (κ3) is 4.16. The minimum absolute atomic E-state index is 0.118.